The van der Waals surface area contributed by atoms with E-state index >= 15 is 8.78 Å². The molecule has 2 aromatic carbocycles. The number of nitriles is 1. The second-order valence-corrected chi connectivity index (χ2v) is 14.5. The van der Waals surface area contributed by atoms with Crippen molar-refractivity contribution in [1.29, 1.82) is 5.26 Å². The van der Waals surface area contributed by atoms with Crippen LogP contribution in [0.5, 0.6) is 6.01 Å². The highest BCUT2D eigenvalue weighted by atomic mass is 19.1. The summed E-state index contributed by atoms with van der Waals surface area (Å²) in [6.45, 7) is 5.67. The number of halogens is 3. The predicted octanol–water partition coefficient (Wildman–Crippen LogP) is 6.38. The maximum absolute atomic E-state index is 17.1. The van der Waals surface area contributed by atoms with Gasteiger partial charge in [0.05, 0.1) is 35.2 Å². The molecule has 0 aliphatic carbocycles. The van der Waals surface area contributed by atoms with Gasteiger partial charge in [0, 0.05) is 56.6 Å². The Morgan fingerprint density at radius 2 is 1.96 bits per heavy atom. The smallest absolute Gasteiger partial charge is 0.319 e. The number of alkyl halides is 1. The van der Waals surface area contributed by atoms with Crippen molar-refractivity contribution in [2.45, 2.75) is 63.7 Å². The zero-order chi connectivity index (χ0) is 38.3. The van der Waals surface area contributed by atoms with Crippen LogP contribution in [-0.2, 0) is 11.2 Å². The number of hydrogen-bond acceptors (Lipinski definition) is 10. The molecule has 55 heavy (non-hydrogen) atoms. The molecular formula is C41H40F3N9O2. The van der Waals surface area contributed by atoms with Crippen molar-refractivity contribution in [3.8, 4) is 23.3 Å². The Kier molecular flexibility index (Phi) is 9.81. The molecular weight excluding hydrogens is 708 g/mol. The van der Waals surface area contributed by atoms with Crippen LogP contribution in [0, 0.1) is 29.9 Å². The summed E-state index contributed by atoms with van der Waals surface area (Å²) >= 11 is 0. The van der Waals surface area contributed by atoms with Gasteiger partial charge in [0.15, 0.2) is 5.82 Å². The molecule has 6 heterocycles. The van der Waals surface area contributed by atoms with Crippen molar-refractivity contribution in [3.63, 3.8) is 0 Å². The second kappa shape index (κ2) is 14.9. The number of rotatable bonds is 9. The van der Waals surface area contributed by atoms with Gasteiger partial charge in [0.2, 0.25) is 5.91 Å². The fourth-order valence-corrected chi connectivity index (χ4v) is 8.57. The SMILES string of the molecule is CCc1c(F)ccc2cccc(-c3ncc4c(N5CCN(C(=O)/C=C/c6ccnc(C)n6)[C@@H](CC#N)C5)nc(OC[C@@]56CCCN5C[C@H](F)C6)nc4c3F)c12. The van der Waals surface area contributed by atoms with Crippen molar-refractivity contribution in [3.05, 3.63) is 83.6 Å². The number of nitrogens with zero attached hydrogens (tertiary/aromatic N) is 9. The Labute approximate surface area is 316 Å². The largest absolute Gasteiger partial charge is 0.461 e. The van der Waals surface area contributed by atoms with Gasteiger partial charge < -0.3 is 14.5 Å². The van der Waals surface area contributed by atoms with Gasteiger partial charge in [-0.2, -0.15) is 15.2 Å². The standard InChI is InChI=1S/C41H40F3N9O2/c1-3-30-33(43)10-8-26-6-4-7-31(35(26)30)37-36(44)38-32(21-47-37)39(50-40(49-38)55-24-41-14-5-17-52(41)22-27(42)20-41)51-18-19-53(29(23-51)12-15-45)34(54)11-9-28-13-16-46-25(2)48-28/h4,6-11,13,16,21,27,29H,3,5,12,14,17-20,22-24H2,1-2H3/b11-9+/t27-,29+,41+/m1/s1. The van der Waals surface area contributed by atoms with Crippen LogP contribution in [0.4, 0.5) is 19.0 Å². The molecule has 8 rings (SSSR count). The minimum atomic E-state index is -0.961. The Hall–Kier alpha value is -5.68. The number of aromatic nitrogens is 5. The summed E-state index contributed by atoms with van der Waals surface area (Å²) in [5.74, 6) is -0.450. The van der Waals surface area contributed by atoms with Gasteiger partial charge in [0.1, 0.15) is 41.4 Å². The summed E-state index contributed by atoms with van der Waals surface area (Å²) < 4.78 is 53.1. The normalized spacial score (nSPS) is 21.5. The molecule has 0 radical (unpaired) electrons. The number of carbonyl (C=O) groups excluding carboxylic acids is 1. The molecule has 3 aliphatic heterocycles. The number of ether oxygens (including phenoxy) is 1. The molecule has 0 unspecified atom stereocenters. The van der Waals surface area contributed by atoms with Crippen LogP contribution >= 0.6 is 0 Å². The lowest BCUT2D eigenvalue weighted by molar-refractivity contribution is -0.128. The van der Waals surface area contributed by atoms with E-state index < -0.39 is 23.6 Å². The molecule has 282 valence electrons. The third-order valence-electron chi connectivity index (χ3n) is 11.2. The summed E-state index contributed by atoms with van der Waals surface area (Å²) in [5, 5.41) is 11.4. The van der Waals surface area contributed by atoms with Gasteiger partial charge in [0.25, 0.3) is 0 Å². The number of anilines is 1. The van der Waals surface area contributed by atoms with Gasteiger partial charge in [-0.05, 0) is 67.3 Å². The first-order valence-corrected chi connectivity index (χ1v) is 18.7. The van der Waals surface area contributed by atoms with Crippen LogP contribution < -0.4 is 9.64 Å². The summed E-state index contributed by atoms with van der Waals surface area (Å²) in [6.07, 6.45) is 7.70. The fraction of sp³-hybridized carbons (Fsp3) is 0.390. The number of amides is 1. The summed E-state index contributed by atoms with van der Waals surface area (Å²) in [6, 6.07) is 11.8. The van der Waals surface area contributed by atoms with E-state index in [1.165, 1.54) is 18.3 Å². The number of pyridine rings is 1. The Bertz CT molecular complexity index is 2370. The van der Waals surface area contributed by atoms with E-state index in [4.69, 9.17) is 9.72 Å². The zero-order valence-electron chi connectivity index (χ0n) is 30.7. The van der Waals surface area contributed by atoms with Crippen LogP contribution in [0.25, 0.3) is 39.0 Å². The van der Waals surface area contributed by atoms with E-state index in [1.54, 1.807) is 48.4 Å². The minimum absolute atomic E-state index is 0.00840. The van der Waals surface area contributed by atoms with E-state index in [2.05, 4.69) is 30.9 Å². The molecule has 0 bridgehead atoms. The number of hydrogen-bond donors (Lipinski definition) is 0. The van der Waals surface area contributed by atoms with Crippen molar-refractivity contribution in [2.75, 3.05) is 44.2 Å². The third kappa shape index (κ3) is 6.82. The summed E-state index contributed by atoms with van der Waals surface area (Å²) in [5.41, 5.74) is 0.959. The molecule has 14 heteroatoms. The van der Waals surface area contributed by atoms with Gasteiger partial charge in [-0.15, -0.1) is 0 Å². The van der Waals surface area contributed by atoms with Gasteiger partial charge in [-0.25, -0.2) is 23.1 Å². The fourth-order valence-electron chi connectivity index (χ4n) is 8.57. The Balaban J connectivity index is 1.18. The van der Waals surface area contributed by atoms with Gasteiger partial charge in [-0.3, -0.25) is 14.7 Å². The highest BCUT2D eigenvalue weighted by Crippen LogP contribution is 2.41. The third-order valence-corrected chi connectivity index (χ3v) is 11.2. The number of piperazine rings is 1. The minimum Gasteiger partial charge on any atom is -0.461 e. The lowest BCUT2D eigenvalue weighted by atomic mass is 9.95. The maximum Gasteiger partial charge on any atom is 0.319 e. The molecule has 0 saturated carbocycles. The van der Waals surface area contributed by atoms with Crippen molar-refractivity contribution < 1.29 is 22.7 Å². The lowest BCUT2D eigenvalue weighted by Crippen LogP contribution is -2.55. The molecule has 3 saturated heterocycles. The quantitative estimate of drug-likeness (QED) is 0.157. The molecule has 3 fully saturated rings. The van der Waals surface area contributed by atoms with Crippen LogP contribution in [0.15, 0.2) is 54.9 Å². The van der Waals surface area contributed by atoms with E-state index in [0.717, 1.165) is 24.8 Å². The second-order valence-electron chi connectivity index (χ2n) is 14.5. The average Bonchev–Trinajstić information content (AvgIpc) is 3.72. The van der Waals surface area contributed by atoms with Gasteiger partial charge in [-0.1, -0.05) is 31.2 Å². The number of carbonyl (C=O) groups is 1. The molecule has 0 spiro atoms. The highest BCUT2D eigenvalue weighted by Gasteiger charge is 2.49. The lowest BCUT2D eigenvalue weighted by Gasteiger charge is -2.41. The van der Waals surface area contributed by atoms with E-state index in [-0.39, 0.29) is 55.1 Å². The molecule has 5 aromatic rings. The molecule has 0 N–H and O–H groups in total. The van der Waals surface area contributed by atoms with Crippen molar-refractivity contribution in [2.24, 2.45) is 0 Å². The van der Waals surface area contributed by atoms with E-state index in [0.29, 0.717) is 65.2 Å². The number of fused-ring (bicyclic) bond motifs is 3. The first-order valence-electron chi connectivity index (χ1n) is 18.7. The van der Waals surface area contributed by atoms with Crippen LogP contribution in [0.2, 0.25) is 0 Å². The monoisotopic (exact) mass is 747 g/mol. The van der Waals surface area contributed by atoms with Crippen LogP contribution in [-0.4, -0.2) is 97.7 Å². The van der Waals surface area contributed by atoms with E-state index in [1.807, 2.05) is 17.9 Å². The molecule has 3 aromatic heterocycles. The maximum atomic E-state index is 17.1. The number of benzene rings is 2. The first-order chi connectivity index (χ1) is 26.7. The molecule has 11 nitrogen and oxygen atoms in total. The summed E-state index contributed by atoms with van der Waals surface area (Å²) in [4.78, 5) is 41.6. The van der Waals surface area contributed by atoms with E-state index in [9.17, 15) is 14.4 Å². The van der Waals surface area contributed by atoms with Crippen LogP contribution in [0.1, 0.15) is 49.7 Å². The summed E-state index contributed by atoms with van der Waals surface area (Å²) in [7, 11) is 0. The van der Waals surface area contributed by atoms with Gasteiger partial charge >= 0.3 is 6.01 Å². The average molecular weight is 748 g/mol. The van der Waals surface area contributed by atoms with Crippen molar-refractivity contribution >= 4 is 39.5 Å². The topological polar surface area (TPSA) is 124 Å². The number of aryl methyl sites for hydroxylation is 2. The highest BCUT2D eigenvalue weighted by molar-refractivity contribution is 6.01. The molecule has 3 aliphatic rings. The predicted molar refractivity (Wildman–Crippen MR) is 202 cm³/mol. The Morgan fingerprint density at radius 1 is 1.09 bits per heavy atom. The first kappa shape index (κ1) is 36.3. The molecule has 1 amide bonds. The molecule has 3 atom stereocenters. The zero-order valence-corrected chi connectivity index (χ0v) is 30.7. The van der Waals surface area contributed by atoms with Crippen molar-refractivity contribution in [1.82, 2.24) is 34.7 Å². The Morgan fingerprint density at radius 3 is 2.78 bits per heavy atom. The van der Waals surface area contributed by atoms with Crippen LogP contribution in [0.3, 0.4) is 0 Å².